The van der Waals surface area contributed by atoms with Gasteiger partial charge in [0.2, 0.25) is 0 Å². The fraction of sp³-hybridized carbons (Fsp3) is 0.154. The van der Waals surface area contributed by atoms with Gasteiger partial charge in [0.25, 0.3) is 0 Å². The number of carbonyl (C=O) groups is 1. The first-order chi connectivity index (χ1) is 8.16. The number of halogens is 1. The third kappa shape index (κ3) is 2.97. The zero-order valence-electron chi connectivity index (χ0n) is 9.11. The predicted octanol–water partition coefficient (Wildman–Crippen LogP) is 3.26. The van der Waals surface area contributed by atoms with Crippen molar-refractivity contribution in [1.82, 2.24) is 4.98 Å². The Labute approximate surface area is 108 Å². The summed E-state index contributed by atoms with van der Waals surface area (Å²) in [5.74, 6) is -0.919. The molecule has 0 radical (unpaired) electrons. The Hall–Kier alpha value is -1.55. The minimum absolute atomic E-state index is 0.243. The normalized spacial score (nSPS) is 10.4. The quantitative estimate of drug-likeness (QED) is 0.909. The van der Waals surface area contributed by atoms with Gasteiger partial charge in [-0.2, -0.15) is 0 Å². The van der Waals surface area contributed by atoms with Crippen LogP contribution in [0.15, 0.2) is 41.0 Å². The molecule has 0 amide bonds. The lowest BCUT2D eigenvalue weighted by molar-refractivity contribution is 0.0691. The molecule has 0 fully saturated rings. The van der Waals surface area contributed by atoms with Crippen LogP contribution in [0.1, 0.15) is 21.6 Å². The zero-order chi connectivity index (χ0) is 12.3. The van der Waals surface area contributed by atoms with Crippen LogP contribution in [-0.2, 0) is 12.8 Å². The summed E-state index contributed by atoms with van der Waals surface area (Å²) in [6.07, 6.45) is 3.46. The molecule has 0 aliphatic rings. The molecule has 0 aliphatic carbocycles. The maximum absolute atomic E-state index is 10.7. The number of carboxylic acids is 1. The average molecular weight is 294 g/mol. The molecule has 2 aromatic rings. The molecule has 0 atom stereocenters. The van der Waals surface area contributed by atoms with Crippen molar-refractivity contribution >= 4 is 21.9 Å². The Morgan fingerprint density at radius 1 is 1.29 bits per heavy atom. The summed E-state index contributed by atoms with van der Waals surface area (Å²) >= 11 is 3.50. The molecule has 2 rings (SSSR count). The largest absolute Gasteiger partial charge is 0.477 e. The van der Waals surface area contributed by atoms with Gasteiger partial charge in [-0.15, -0.1) is 0 Å². The molecule has 0 aliphatic heterocycles. The van der Waals surface area contributed by atoms with Crippen molar-refractivity contribution in [2.45, 2.75) is 12.8 Å². The molecule has 0 unspecified atom stereocenters. The maximum Gasteiger partial charge on any atom is 0.352 e. The summed E-state index contributed by atoms with van der Waals surface area (Å²) < 4.78 is 1.09. The summed E-state index contributed by atoms with van der Waals surface area (Å²) in [4.78, 5) is 13.4. The summed E-state index contributed by atoms with van der Waals surface area (Å²) in [6, 6.07) is 9.73. The molecule has 3 nitrogen and oxygen atoms in total. The first-order valence-electron chi connectivity index (χ1n) is 5.31. The molecular weight excluding hydrogens is 282 g/mol. The van der Waals surface area contributed by atoms with E-state index in [1.807, 2.05) is 18.2 Å². The van der Waals surface area contributed by atoms with Gasteiger partial charge in [0.15, 0.2) is 0 Å². The van der Waals surface area contributed by atoms with Gasteiger partial charge in [-0.3, -0.25) is 0 Å². The smallest absolute Gasteiger partial charge is 0.352 e. The third-order valence-corrected chi connectivity index (χ3v) is 3.39. The van der Waals surface area contributed by atoms with Crippen molar-refractivity contribution in [2.75, 3.05) is 0 Å². The van der Waals surface area contributed by atoms with Crippen LogP contribution in [0.3, 0.4) is 0 Å². The molecule has 2 N–H and O–H groups in total. The maximum atomic E-state index is 10.7. The van der Waals surface area contributed by atoms with E-state index < -0.39 is 5.97 Å². The monoisotopic (exact) mass is 293 g/mol. The Kier molecular flexibility index (Phi) is 3.64. The van der Waals surface area contributed by atoms with E-state index in [4.69, 9.17) is 5.11 Å². The van der Waals surface area contributed by atoms with Crippen LogP contribution >= 0.6 is 15.9 Å². The van der Waals surface area contributed by atoms with Crippen LogP contribution < -0.4 is 0 Å². The minimum atomic E-state index is -0.919. The van der Waals surface area contributed by atoms with Gasteiger partial charge < -0.3 is 10.1 Å². The molecule has 4 heteroatoms. The first-order valence-corrected chi connectivity index (χ1v) is 6.10. The lowest BCUT2D eigenvalue weighted by Gasteiger charge is -2.02. The van der Waals surface area contributed by atoms with Crippen LogP contribution in [0.4, 0.5) is 0 Å². The van der Waals surface area contributed by atoms with E-state index in [2.05, 4.69) is 27.0 Å². The van der Waals surface area contributed by atoms with Gasteiger partial charge in [0, 0.05) is 10.7 Å². The van der Waals surface area contributed by atoms with Crippen molar-refractivity contribution < 1.29 is 9.90 Å². The summed E-state index contributed by atoms with van der Waals surface area (Å²) in [5, 5.41) is 8.79. The number of aryl methyl sites for hydroxylation is 2. The number of nitrogens with one attached hydrogen (secondary N) is 1. The molecule has 1 aromatic carbocycles. The Morgan fingerprint density at radius 2 is 2.06 bits per heavy atom. The number of H-pyrrole nitrogens is 1. The van der Waals surface area contributed by atoms with Crippen LogP contribution in [0, 0.1) is 0 Å². The number of aromatic amines is 1. The Morgan fingerprint density at radius 3 is 2.71 bits per heavy atom. The average Bonchev–Trinajstić information content (AvgIpc) is 2.77. The number of rotatable bonds is 4. The van der Waals surface area contributed by atoms with E-state index >= 15 is 0 Å². The van der Waals surface area contributed by atoms with Crippen molar-refractivity contribution in [2.24, 2.45) is 0 Å². The lowest BCUT2D eigenvalue weighted by Crippen LogP contribution is -1.95. The van der Waals surface area contributed by atoms with Gasteiger partial charge in [0.1, 0.15) is 5.69 Å². The highest BCUT2D eigenvalue weighted by molar-refractivity contribution is 9.10. The van der Waals surface area contributed by atoms with Crippen molar-refractivity contribution in [1.29, 1.82) is 0 Å². The molecule has 1 aromatic heterocycles. The Balaban J connectivity index is 2.02. The van der Waals surface area contributed by atoms with Gasteiger partial charge in [-0.05, 0) is 36.1 Å². The fourth-order valence-corrected chi connectivity index (χ4v) is 2.17. The summed E-state index contributed by atoms with van der Waals surface area (Å²) in [5.41, 5.74) is 2.48. The van der Waals surface area contributed by atoms with Crippen LogP contribution in [0.2, 0.25) is 0 Å². The van der Waals surface area contributed by atoms with Crippen LogP contribution in [0.5, 0.6) is 0 Å². The summed E-state index contributed by atoms with van der Waals surface area (Å²) in [7, 11) is 0. The fourth-order valence-electron chi connectivity index (χ4n) is 1.69. The topological polar surface area (TPSA) is 53.1 Å². The second-order valence-electron chi connectivity index (χ2n) is 3.82. The van der Waals surface area contributed by atoms with Gasteiger partial charge in [-0.1, -0.05) is 34.1 Å². The number of benzene rings is 1. The molecule has 0 saturated carbocycles. The standard InChI is InChI=1S/C13H12BrNO2/c14-11-4-2-1-3-10(11)6-5-9-7-12(13(16)17)15-8-9/h1-4,7-8,15H,5-6H2,(H,16,17). The van der Waals surface area contributed by atoms with Crippen LogP contribution in [-0.4, -0.2) is 16.1 Å². The SMILES string of the molecule is O=C(O)c1cc(CCc2ccccc2Br)c[nH]1. The third-order valence-electron chi connectivity index (χ3n) is 2.61. The highest BCUT2D eigenvalue weighted by atomic mass is 79.9. The van der Waals surface area contributed by atoms with Crippen molar-refractivity contribution in [3.05, 3.63) is 57.8 Å². The number of aromatic nitrogens is 1. The highest BCUT2D eigenvalue weighted by Gasteiger charge is 2.06. The number of aromatic carboxylic acids is 1. The minimum Gasteiger partial charge on any atom is -0.477 e. The number of hydrogen-bond acceptors (Lipinski definition) is 1. The van der Waals surface area contributed by atoms with Gasteiger partial charge in [0.05, 0.1) is 0 Å². The van der Waals surface area contributed by atoms with Gasteiger partial charge >= 0.3 is 5.97 Å². The predicted molar refractivity (Wildman–Crippen MR) is 69.3 cm³/mol. The van der Waals surface area contributed by atoms with E-state index in [9.17, 15) is 4.79 Å². The van der Waals surface area contributed by atoms with E-state index in [0.717, 1.165) is 22.9 Å². The van der Waals surface area contributed by atoms with E-state index in [1.54, 1.807) is 12.3 Å². The van der Waals surface area contributed by atoms with Crippen molar-refractivity contribution in [3.8, 4) is 0 Å². The molecule has 17 heavy (non-hydrogen) atoms. The lowest BCUT2D eigenvalue weighted by atomic mass is 10.1. The second-order valence-corrected chi connectivity index (χ2v) is 4.67. The number of hydrogen-bond donors (Lipinski definition) is 2. The van der Waals surface area contributed by atoms with E-state index in [1.165, 1.54) is 5.56 Å². The van der Waals surface area contributed by atoms with E-state index in [0.29, 0.717) is 0 Å². The molecule has 1 heterocycles. The first kappa shape index (κ1) is 11.9. The second kappa shape index (κ2) is 5.19. The molecule has 0 saturated heterocycles. The van der Waals surface area contributed by atoms with Crippen LogP contribution in [0.25, 0.3) is 0 Å². The molecule has 0 bridgehead atoms. The molecule has 0 spiro atoms. The molecular formula is C13H12BrNO2. The van der Waals surface area contributed by atoms with E-state index in [-0.39, 0.29) is 5.69 Å². The van der Waals surface area contributed by atoms with Gasteiger partial charge in [-0.25, -0.2) is 4.79 Å². The number of carboxylic acid groups (broad SMARTS) is 1. The summed E-state index contributed by atoms with van der Waals surface area (Å²) in [6.45, 7) is 0. The zero-order valence-corrected chi connectivity index (χ0v) is 10.7. The Bertz CT molecular complexity index is 534. The highest BCUT2D eigenvalue weighted by Crippen LogP contribution is 2.18. The van der Waals surface area contributed by atoms with Crippen molar-refractivity contribution in [3.63, 3.8) is 0 Å². The molecule has 88 valence electrons.